The standard InChI is InChI=1S/C27H17BrN4O6S/c28-17-10-16(25(33)21(13-17)32(37)38)12-22-26(34)30-24(15-5-3-6-18(11-15)31(35)36)20-9-8-14-4-1-2-7-19(14)23(20)29-27(30)39-22/h1-7,10-13,24,33H,8-9H2/b22-12+/t24-/m1/s1. The fourth-order valence-electron chi connectivity index (χ4n) is 5.13. The first-order chi connectivity index (χ1) is 18.7. The number of non-ortho nitro benzene ring substituents is 1. The number of allylic oxidation sites excluding steroid dienone is 1. The topological polar surface area (TPSA) is 141 Å². The molecule has 0 saturated heterocycles. The van der Waals surface area contributed by atoms with Crippen LogP contribution in [0.1, 0.15) is 34.7 Å². The molecule has 2 heterocycles. The summed E-state index contributed by atoms with van der Waals surface area (Å²) in [6.07, 6.45) is 2.75. The van der Waals surface area contributed by atoms with Gasteiger partial charge in [0.15, 0.2) is 4.80 Å². The number of fused-ring (bicyclic) bond motifs is 3. The number of hydrogen-bond acceptors (Lipinski definition) is 8. The van der Waals surface area contributed by atoms with Crippen LogP contribution in [-0.2, 0) is 6.42 Å². The number of nitro groups is 2. The lowest BCUT2D eigenvalue weighted by Gasteiger charge is -2.30. The van der Waals surface area contributed by atoms with Gasteiger partial charge in [0.2, 0.25) is 5.75 Å². The Morgan fingerprint density at radius 2 is 1.85 bits per heavy atom. The molecule has 0 saturated carbocycles. The predicted molar refractivity (Wildman–Crippen MR) is 148 cm³/mol. The number of aromatic nitrogens is 1. The van der Waals surface area contributed by atoms with Crippen LogP contribution in [0.5, 0.6) is 5.75 Å². The predicted octanol–water partition coefficient (Wildman–Crippen LogP) is 4.60. The maximum absolute atomic E-state index is 13.9. The van der Waals surface area contributed by atoms with Crippen LogP contribution in [0.4, 0.5) is 11.4 Å². The van der Waals surface area contributed by atoms with Crippen molar-refractivity contribution in [2.75, 3.05) is 0 Å². The molecule has 0 unspecified atom stereocenters. The third-order valence-corrected chi connectivity index (χ3v) is 8.28. The van der Waals surface area contributed by atoms with Gasteiger partial charge in [-0.2, -0.15) is 0 Å². The first-order valence-electron chi connectivity index (χ1n) is 11.8. The van der Waals surface area contributed by atoms with Crippen molar-refractivity contribution in [1.82, 2.24) is 4.57 Å². The van der Waals surface area contributed by atoms with Gasteiger partial charge >= 0.3 is 5.69 Å². The van der Waals surface area contributed by atoms with Crippen LogP contribution in [0, 0.1) is 20.2 Å². The fourth-order valence-corrected chi connectivity index (χ4v) is 6.58. The van der Waals surface area contributed by atoms with Crippen molar-refractivity contribution in [2.24, 2.45) is 4.99 Å². The SMILES string of the molecule is O=c1/c(=C\c2cc(Br)cc([N+](=O)[O-])c2O)sc2n1[C@H](c1cccc([N+](=O)[O-])c1)C1=C(N=2)c2ccccc2CC1. The van der Waals surface area contributed by atoms with Gasteiger partial charge in [-0.1, -0.05) is 63.7 Å². The lowest BCUT2D eigenvalue weighted by Crippen LogP contribution is -2.38. The molecule has 0 fully saturated rings. The van der Waals surface area contributed by atoms with Crippen molar-refractivity contribution in [2.45, 2.75) is 18.9 Å². The van der Waals surface area contributed by atoms with Crippen LogP contribution in [0.3, 0.4) is 0 Å². The minimum atomic E-state index is -0.702. The van der Waals surface area contributed by atoms with Crippen molar-refractivity contribution < 1.29 is 15.0 Å². The highest BCUT2D eigenvalue weighted by Gasteiger charge is 2.33. The quantitative estimate of drug-likeness (QED) is 0.266. The average molecular weight is 605 g/mol. The largest absolute Gasteiger partial charge is 0.502 e. The number of phenols is 1. The second-order valence-corrected chi connectivity index (χ2v) is 11.0. The van der Waals surface area contributed by atoms with Gasteiger partial charge in [-0.3, -0.25) is 29.6 Å². The van der Waals surface area contributed by atoms with E-state index in [1.54, 1.807) is 12.1 Å². The Bertz CT molecular complexity index is 1940. The number of benzene rings is 3. The van der Waals surface area contributed by atoms with Gasteiger partial charge in [0.05, 0.1) is 26.1 Å². The molecule has 1 aromatic heterocycles. The summed E-state index contributed by atoms with van der Waals surface area (Å²) in [7, 11) is 0. The van der Waals surface area contributed by atoms with E-state index in [9.17, 15) is 30.1 Å². The lowest BCUT2D eigenvalue weighted by molar-refractivity contribution is -0.386. The van der Waals surface area contributed by atoms with Gasteiger partial charge < -0.3 is 5.11 Å². The van der Waals surface area contributed by atoms with Gasteiger partial charge in [-0.15, -0.1) is 0 Å². The monoisotopic (exact) mass is 604 g/mol. The zero-order chi connectivity index (χ0) is 27.4. The average Bonchev–Trinajstić information content (AvgIpc) is 3.23. The maximum atomic E-state index is 13.9. The molecule has 0 amide bonds. The van der Waals surface area contributed by atoms with E-state index in [1.807, 2.05) is 24.3 Å². The van der Waals surface area contributed by atoms with E-state index in [1.165, 1.54) is 34.9 Å². The summed E-state index contributed by atoms with van der Waals surface area (Å²) < 4.78 is 2.10. The van der Waals surface area contributed by atoms with Crippen molar-refractivity contribution in [3.63, 3.8) is 0 Å². The van der Waals surface area contributed by atoms with E-state index in [0.717, 1.165) is 40.2 Å². The highest BCUT2D eigenvalue weighted by atomic mass is 79.9. The van der Waals surface area contributed by atoms with Gasteiger partial charge in [0.1, 0.15) is 0 Å². The Hall–Kier alpha value is -4.42. The molecule has 1 aliphatic carbocycles. The van der Waals surface area contributed by atoms with Crippen LogP contribution in [0.2, 0.25) is 0 Å². The summed E-state index contributed by atoms with van der Waals surface area (Å²) in [5, 5.41) is 33.5. The third-order valence-electron chi connectivity index (χ3n) is 6.84. The van der Waals surface area contributed by atoms with Crippen LogP contribution in [0.15, 0.2) is 80.5 Å². The normalized spacial score (nSPS) is 16.2. The van der Waals surface area contributed by atoms with Gasteiger partial charge in [0.25, 0.3) is 11.2 Å². The minimum absolute atomic E-state index is 0.0867. The summed E-state index contributed by atoms with van der Waals surface area (Å²) in [4.78, 5) is 40.9. The van der Waals surface area contributed by atoms with Crippen molar-refractivity contribution in [3.05, 3.63) is 133 Å². The summed E-state index contributed by atoms with van der Waals surface area (Å²) in [5.41, 5.74) is 3.39. The van der Waals surface area contributed by atoms with Crippen molar-refractivity contribution in [3.8, 4) is 5.75 Å². The van der Waals surface area contributed by atoms with E-state index in [-0.39, 0.29) is 15.8 Å². The summed E-state index contributed by atoms with van der Waals surface area (Å²) in [5.74, 6) is -0.558. The second-order valence-electron chi connectivity index (χ2n) is 9.09. The Morgan fingerprint density at radius 1 is 1.05 bits per heavy atom. The van der Waals surface area contributed by atoms with Crippen molar-refractivity contribution in [1.29, 1.82) is 0 Å². The molecule has 194 valence electrons. The van der Waals surface area contributed by atoms with E-state index >= 15 is 0 Å². The third kappa shape index (κ3) is 4.17. The number of rotatable bonds is 4. The molecule has 0 radical (unpaired) electrons. The van der Waals surface area contributed by atoms with Gasteiger partial charge in [-0.05, 0) is 41.7 Å². The molecular weight excluding hydrogens is 588 g/mol. The van der Waals surface area contributed by atoms with E-state index in [0.29, 0.717) is 21.3 Å². The Kier molecular flexibility index (Phi) is 6.00. The highest BCUT2D eigenvalue weighted by Crippen LogP contribution is 2.41. The van der Waals surface area contributed by atoms with E-state index < -0.39 is 32.9 Å². The molecule has 3 aromatic carbocycles. The second kappa shape index (κ2) is 9.40. The molecule has 2 aliphatic rings. The number of nitro benzene ring substituents is 2. The number of phenolic OH excluding ortho intramolecular Hbond substituents is 1. The van der Waals surface area contributed by atoms with E-state index in [2.05, 4.69) is 15.9 Å². The molecule has 0 spiro atoms. The number of halogens is 1. The number of nitrogens with zero attached hydrogens (tertiary/aromatic N) is 4. The Balaban J connectivity index is 1.63. The first-order valence-corrected chi connectivity index (χ1v) is 13.4. The molecule has 1 atom stereocenters. The zero-order valence-electron chi connectivity index (χ0n) is 19.9. The Labute approximate surface area is 231 Å². The lowest BCUT2D eigenvalue weighted by atomic mass is 9.83. The molecule has 1 N–H and O–H groups in total. The van der Waals surface area contributed by atoms with Gasteiger partial charge in [0, 0.05) is 33.8 Å². The first kappa shape index (κ1) is 24.9. The Morgan fingerprint density at radius 3 is 2.62 bits per heavy atom. The van der Waals surface area contributed by atoms with Crippen molar-refractivity contribution >= 4 is 50.4 Å². The molecule has 1 aliphatic heterocycles. The summed E-state index contributed by atoms with van der Waals surface area (Å²) >= 11 is 4.31. The molecular formula is C27H17BrN4O6S. The van der Waals surface area contributed by atoms with Crippen LogP contribution in [0.25, 0.3) is 11.8 Å². The molecule has 10 nitrogen and oxygen atoms in total. The molecule has 39 heavy (non-hydrogen) atoms. The van der Waals surface area contributed by atoms with E-state index in [4.69, 9.17) is 4.99 Å². The van der Waals surface area contributed by atoms with Crippen LogP contribution < -0.4 is 14.9 Å². The summed E-state index contributed by atoms with van der Waals surface area (Å²) in [6, 6.07) is 16.2. The number of aryl methyl sites for hydroxylation is 1. The van der Waals surface area contributed by atoms with Crippen LogP contribution in [-0.4, -0.2) is 19.5 Å². The molecule has 6 rings (SSSR count). The van der Waals surface area contributed by atoms with Gasteiger partial charge in [-0.25, -0.2) is 4.99 Å². The molecule has 12 heteroatoms. The molecule has 4 aromatic rings. The number of thiazole rings is 1. The number of hydrogen-bond donors (Lipinski definition) is 1. The smallest absolute Gasteiger partial charge is 0.312 e. The zero-order valence-corrected chi connectivity index (χ0v) is 22.3. The summed E-state index contributed by atoms with van der Waals surface area (Å²) in [6.45, 7) is 0. The highest BCUT2D eigenvalue weighted by molar-refractivity contribution is 9.10. The number of aromatic hydroxyl groups is 1. The minimum Gasteiger partial charge on any atom is -0.502 e. The maximum Gasteiger partial charge on any atom is 0.312 e. The van der Waals surface area contributed by atoms with Crippen LogP contribution >= 0.6 is 27.3 Å². The fraction of sp³-hybridized carbons (Fsp3) is 0.111. The molecule has 0 bridgehead atoms.